The summed E-state index contributed by atoms with van der Waals surface area (Å²) in [5.41, 5.74) is 0. The lowest BCUT2D eigenvalue weighted by Crippen LogP contribution is -1.78. The molecular weight excluding hydrogens is 188 g/mol. The van der Waals surface area contributed by atoms with Crippen molar-refractivity contribution in [2.24, 2.45) is 11.8 Å². The Morgan fingerprint density at radius 3 is 1.47 bits per heavy atom. The molecule has 1 fully saturated rings. The largest absolute Gasteiger partial charge is 0.303 e. The van der Waals surface area contributed by atoms with Gasteiger partial charge in [0.15, 0.2) is 0 Å². The normalized spacial score (nSPS) is 14.7. The van der Waals surface area contributed by atoms with Gasteiger partial charge in [0.1, 0.15) is 12.6 Å². The smallest absolute Gasteiger partial charge is 0.127 e. The Labute approximate surface area is 94.4 Å². The molecule has 0 amide bonds. The van der Waals surface area contributed by atoms with Crippen molar-refractivity contribution in [1.29, 1.82) is 0 Å². The van der Waals surface area contributed by atoms with Gasteiger partial charge in [-0.05, 0) is 11.8 Å². The molecular formula is C13H26O2. The van der Waals surface area contributed by atoms with Crippen molar-refractivity contribution < 1.29 is 9.59 Å². The fourth-order valence-corrected chi connectivity index (χ4v) is 1.17. The Morgan fingerprint density at radius 1 is 1.07 bits per heavy atom. The third kappa shape index (κ3) is 24.7. The Kier molecular flexibility index (Phi) is 14.9. The van der Waals surface area contributed by atoms with Crippen molar-refractivity contribution in [3.63, 3.8) is 0 Å². The molecule has 15 heavy (non-hydrogen) atoms. The molecule has 1 aliphatic rings. The highest BCUT2D eigenvalue weighted by Crippen LogP contribution is 2.22. The van der Waals surface area contributed by atoms with Crippen LogP contribution in [0.5, 0.6) is 0 Å². The summed E-state index contributed by atoms with van der Waals surface area (Å²) in [4.78, 5) is 18.3. The van der Waals surface area contributed by atoms with Gasteiger partial charge in [0.2, 0.25) is 0 Å². The summed E-state index contributed by atoms with van der Waals surface area (Å²) in [7, 11) is 0. The van der Waals surface area contributed by atoms with E-state index in [1.165, 1.54) is 25.7 Å². The van der Waals surface area contributed by atoms with Crippen molar-refractivity contribution >= 4 is 12.6 Å². The molecule has 0 atom stereocenters. The summed E-state index contributed by atoms with van der Waals surface area (Å²) in [5, 5.41) is 0. The molecule has 1 rings (SSSR count). The maximum atomic E-state index is 9.17. The topological polar surface area (TPSA) is 34.1 Å². The fourth-order valence-electron chi connectivity index (χ4n) is 1.17. The van der Waals surface area contributed by atoms with E-state index in [0.717, 1.165) is 11.8 Å². The Bertz CT molecular complexity index is 127. The second-order valence-electron chi connectivity index (χ2n) is 4.69. The number of rotatable bonds is 2. The van der Waals surface area contributed by atoms with Crippen LogP contribution in [0.2, 0.25) is 0 Å². The van der Waals surface area contributed by atoms with Crippen LogP contribution in [0.15, 0.2) is 0 Å². The summed E-state index contributed by atoms with van der Waals surface area (Å²) >= 11 is 0. The zero-order chi connectivity index (χ0) is 12.1. The first-order valence-electron chi connectivity index (χ1n) is 5.91. The van der Waals surface area contributed by atoms with E-state index in [9.17, 15) is 9.59 Å². The number of carbonyl (C=O) groups is 2. The van der Waals surface area contributed by atoms with Crippen LogP contribution in [0, 0.1) is 11.8 Å². The summed E-state index contributed by atoms with van der Waals surface area (Å²) in [6.07, 6.45) is 7.10. The minimum atomic E-state index is 0.0278. The van der Waals surface area contributed by atoms with Gasteiger partial charge in [-0.25, -0.2) is 0 Å². The van der Waals surface area contributed by atoms with E-state index in [0.29, 0.717) is 12.6 Å². The predicted molar refractivity (Wildman–Crippen MR) is 64.9 cm³/mol. The molecule has 0 aromatic carbocycles. The Morgan fingerprint density at radius 2 is 1.40 bits per heavy atom. The number of carbonyl (C=O) groups excluding carboxylic acids is 2. The highest BCUT2D eigenvalue weighted by Gasteiger charge is 2.07. The first-order chi connectivity index (χ1) is 7.04. The van der Waals surface area contributed by atoms with Crippen molar-refractivity contribution in [3.8, 4) is 0 Å². The van der Waals surface area contributed by atoms with Gasteiger partial charge in [-0.2, -0.15) is 0 Å². The lowest BCUT2D eigenvalue weighted by atomic mass is 10.2. The highest BCUT2D eigenvalue weighted by molar-refractivity contribution is 5.72. The third-order valence-electron chi connectivity index (χ3n) is 1.84. The van der Waals surface area contributed by atoms with E-state index in [-0.39, 0.29) is 6.42 Å². The second-order valence-corrected chi connectivity index (χ2v) is 4.69. The van der Waals surface area contributed by atoms with E-state index in [1.54, 1.807) is 0 Å². The van der Waals surface area contributed by atoms with Gasteiger partial charge in [-0.15, -0.1) is 0 Å². The summed E-state index contributed by atoms with van der Waals surface area (Å²) < 4.78 is 0. The molecule has 0 heterocycles. The van der Waals surface area contributed by atoms with Crippen LogP contribution < -0.4 is 0 Å². The molecule has 1 aliphatic carbocycles. The van der Waals surface area contributed by atoms with E-state index >= 15 is 0 Å². The van der Waals surface area contributed by atoms with Gasteiger partial charge in [-0.1, -0.05) is 53.4 Å². The predicted octanol–water partition coefficient (Wildman–Crippen LogP) is 3.63. The molecule has 0 aromatic rings. The Balaban J connectivity index is 0. The minimum Gasteiger partial charge on any atom is -0.303 e. The number of hydrogen-bond acceptors (Lipinski definition) is 2. The number of hydrogen-bond donors (Lipinski definition) is 0. The molecule has 2 nitrogen and oxygen atoms in total. The average molecular weight is 214 g/mol. The zero-order valence-corrected chi connectivity index (χ0v) is 10.7. The highest BCUT2D eigenvalue weighted by atomic mass is 16.1. The molecule has 0 bridgehead atoms. The molecule has 0 N–H and O–H groups in total. The maximum Gasteiger partial charge on any atom is 0.127 e. The lowest BCUT2D eigenvalue weighted by Gasteiger charge is -1.91. The van der Waals surface area contributed by atoms with Gasteiger partial charge in [0.25, 0.3) is 0 Å². The second kappa shape index (κ2) is 13.3. The van der Waals surface area contributed by atoms with E-state index in [1.807, 2.05) is 0 Å². The Hall–Kier alpha value is -0.660. The average Bonchev–Trinajstić information content (AvgIpc) is 2.57. The summed E-state index contributed by atoms with van der Waals surface area (Å²) in [5.74, 6) is 1.88. The van der Waals surface area contributed by atoms with Crippen LogP contribution in [0.25, 0.3) is 0 Å². The van der Waals surface area contributed by atoms with Gasteiger partial charge >= 0.3 is 0 Å². The van der Waals surface area contributed by atoms with Crippen LogP contribution in [0.3, 0.4) is 0 Å². The van der Waals surface area contributed by atoms with Crippen LogP contribution in [-0.2, 0) is 9.59 Å². The first kappa shape index (κ1) is 16.8. The monoisotopic (exact) mass is 214 g/mol. The molecule has 2 heteroatoms. The van der Waals surface area contributed by atoms with Crippen LogP contribution >= 0.6 is 0 Å². The molecule has 0 saturated heterocycles. The minimum absolute atomic E-state index is 0.0278. The lowest BCUT2D eigenvalue weighted by molar-refractivity contribution is -0.114. The van der Waals surface area contributed by atoms with Gasteiger partial charge in [0, 0.05) is 0 Å². The van der Waals surface area contributed by atoms with E-state index in [4.69, 9.17) is 0 Å². The molecule has 0 unspecified atom stereocenters. The van der Waals surface area contributed by atoms with Gasteiger partial charge in [-0.3, -0.25) is 0 Å². The van der Waals surface area contributed by atoms with Crippen LogP contribution in [-0.4, -0.2) is 12.6 Å². The van der Waals surface area contributed by atoms with Crippen molar-refractivity contribution in [1.82, 2.24) is 0 Å². The molecule has 1 saturated carbocycles. The zero-order valence-electron chi connectivity index (χ0n) is 10.7. The van der Waals surface area contributed by atoms with Crippen molar-refractivity contribution in [3.05, 3.63) is 0 Å². The molecule has 90 valence electrons. The first-order valence-corrected chi connectivity index (χ1v) is 5.91. The summed E-state index contributed by atoms with van der Waals surface area (Å²) in [6, 6.07) is 0. The van der Waals surface area contributed by atoms with Crippen LogP contribution in [0.4, 0.5) is 0 Å². The van der Waals surface area contributed by atoms with Gasteiger partial charge < -0.3 is 9.59 Å². The fraction of sp³-hybridized carbons (Fsp3) is 0.846. The third-order valence-corrected chi connectivity index (χ3v) is 1.84. The van der Waals surface area contributed by atoms with E-state index < -0.39 is 0 Å². The standard InChI is InChI=1S/C6H12.C4H10.C3H4O2/c1-6-4-2-3-5-6;1-4(2)3;4-2-1-3-5/h6H,2-5H2,1H3;4H,1-3H3;2-3H,1H2. The summed E-state index contributed by atoms with van der Waals surface area (Å²) in [6.45, 7) is 8.84. The molecule has 0 aromatic heterocycles. The number of aldehydes is 2. The van der Waals surface area contributed by atoms with Crippen LogP contribution in [0.1, 0.15) is 59.8 Å². The molecule has 0 spiro atoms. The quantitative estimate of drug-likeness (QED) is 0.519. The van der Waals surface area contributed by atoms with Crippen molar-refractivity contribution in [2.75, 3.05) is 0 Å². The van der Waals surface area contributed by atoms with Gasteiger partial charge in [0.05, 0.1) is 6.42 Å². The molecule has 0 radical (unpaired) electrons. The van der Waals surface area contributed by atoms with E-state index in [2.05, 4.69) is 27.7 Å². The SMILES string of the molecule is CC(C)C.CC1CCCC1.O=CCC=O. The maximum absolute atomic E-state index is 9.17. The van der Waals surface area contributed by atoms with Crippen molar-refractivity contribution in [2.45, 2.75) is 59.8 Å². The molecule has 0 aliphatic heterocycles.